The number of carbonyl (C=O) groups is 1. The molecule has 1 aromatic carbocycles. The minimum atomic E-state index is -0.288. The lowest BCUT2D eigenvalue weighted by atomic mass is 10.2. The summed E-state index contributed by atoms with van der Waals surface area (Å²) in [4.78, 5) is 11.0. The molecule has 0 bridgehead atoms. The van der Waals surface area contributed by atoms with Gasteiger partial charge in [0.25, 0.3) is 0 Å². The van der Waals surface area contributed by atoms with E-state index in [0.29, 0.717) is 5.88 Å². The van der Waals surface area contributed by atoms with Gasteiger partial charge in [-0.1, -0.05) is 18.2 Å². The molecule has 0 aliphatic rings. The molecule has 15 heavy (non-hydrogen) atoms. The summed E-state index contributed by atoms with van der Waals surface area (Å²) in [6, 6.07) is 7.99. The molecule has 0 aliphatic carbocycles. The van der Waals surface area contributed by atoms with Gasteiger partial charge < -0.3 is 9.30 Å². The zero-order chi connectivity index (χ0) is 11.0. The second-order valence-electron chi connectivity index (χ2n) is 3.60. The Bertz CT molecular complexity index is 487. The van der Waals surface area contributed by atoms with Crippen LogP contribution in [0.2, 0.25) is 0 Å². The molecular weight excluding hydrogens is 190 g/mol. The number of carbonyl (C=O) groups excluding carboxylic acids is 1. The largest absolute Gasteiger partial charge is 0.409 e. The van der Waals surface area contributed by atoms with Crippen molar-refractivity contribution in [2.45, 2.75) is 13.8 Å². The lowest BCUT2D eigenvalue weighted by molar-refractivity contribution is -0.132. The molecule has 0 amide bonds. The Morgan fingerprint density at radius 2 is 2.00 bits per heavy atom. The lowest BCUT2D eigenvalue weighted by Crippen LogP contribution is -2.05. The number of aromatic nitrogens is 1. The van der Waals surface area contributed by atoms with Crippen molar-refractivity contribution in [3.63, 3.8) is 0 Å². The van der Waals surface area contributed by atoms with Crippen molar-refractivity contribution in [3.05, 3.63) is 29.8 Å². The van der Waals surface area contributed by atoms with E-state index in [2.05, 4.69) is 0 Å². The van der Waals surface area contributed by atoms with Crippen LogP contribution in [0.5, 0.6) is 5.88 Å². The van der Waals surface area contributed by atoms with Crippen LogP contribution in [0.1, 0.15) is 12.5 Å². The van der Waals surface area contributed by atoms with Crippen LogP contribution >= 0.6 is 0 Å². The Morgan fingerprint density at radius 1 is 1.33 bits per heavy atom. The lowest BCUT2D eigenvalue weighted by Gasteiger charge is -2.03. The number of fused-ring (bicyclic) bond motifs is 1. The van der Waals surface area contributed by atoms with E-state index in [0.717, 1.165) is 16.5 Å². The van der Waals surface area contributed by atoms with Crippen LogP contribution in [0, 0.1) is 6.92 Å². The van der Waals surface area contributed by atoms with Gasteiger partial charge in [0.1, 0.15) is 0 Å². The van der Waals surface area contributed by atoms with E-state index in [1.807, 2.05) is 42.8 Å². The molecule has 0 fully saturated rings. The summed E-state index contributed by atoms with van der Waals surface area (Å²) in [7, 11) is 1.90. The number of aryl methyl sites for hydroxylation is 2. The molecule has 2 aromatic rings. The molecule has 3 heteroatoms. The molecule has 0 saturated heterocycles. The third kappa shape index (κ3) is 1.50. The third-order valence-corrected chi connectivity index (χ3v) is 2.54. The van der Waals surface area contributed by atoms with E-state index in [1.54, 1.807) is 0 Å². The van der Waals surface area contributed by atoms with Crippen LogP contribution in [-0.4, -0.2) is 10.5 Å². The van der Waals surface area contributed by atoms with Crippen molar-refractivity contribution in [2.24, 2.45) is 7.05 Å². The highest BCUT2D eigenvalue weighted by molar-refractivity contribution is 5.87. The van der Waals surface area contributed by atoms with Crippen LogP contribution in [0.4, 0.5) is 0 Å². The fourth-order valence-corrected chi connectivity index (χ4v) is 1.84. The van der Waals surface area contributed by atoms with Gasteiger partial charge in [-0.2, -0.15) is 0 Å². The number of benzene rings is 1. The summed E-state index contributed by atoms with van der Waals surface area (Å²) in [5.41, 5.74) is 2.08. The van der Waals surface area contributed by atoms with Gasteiger partial charge in [-0.25, -0.2) is 0 Å². The van der Waals surface area contributed by atoms with E-state index in [9.17, 15) is 4.79 Å². The van der Waals surface area contributed by atoms with Crippen LogP contribution in [0.25, 0.3) is 10.9 Å². The smallest absolute Gasteiger partial charge is 0.309 e. The van der Waals surface area contributed by atoms with Gasteiger partial charge in [0.15, 0.2) is 0 Å². The summed E-state index contributed by atoms with van der Waals surface area (Å²) in [5, 5.41) is 1.12. The summed E-state index contributed by atoms with van der Waals surface area (Å²) < 4.78 is 7.08. The van der Waals surface area contributed by atoms with Crippen LogP contribution in [0.3, 0.4) is 0 Å². The minimum absolute atomic E-state index is 0.288. The second-order valence-corrected chi connectivity index (χ2v) is 3.60. The monoisotopic (exact) mass is 203 g/mol. The molecule has 1 heterocycles. The fourth-order valence-electron chi connectivity index (χ4n) is 1.84. The van der Waals surface area contributed by atoms with Gasteiger partial charge in [0.05, 0.1) is 5.52 Å². The minimum Gasteiger partial charge on any atom is -0.409 e. The van der Waals surface area contributed by atoms with Crippen molar-refractivity contribution in [3.8, 4) is 5.88 Å². The SMILES string of the molecule is CC(=O)Oc1c(C)c2ccccc2n1C. The van der Waals surface area contributed by atoms with Crippen molar-refractivity contribution < 1.29 is 9.53 Å². The van der Waals surface area contributed by atoms with E-state index in [-0.39, 0.29) is 5.97 Å². The molecule has 0 saturated carbocycles. The highest BCUT2D eigenvalue weighted by Gasteiger charge is 2.13. The first kappa shape index (κ1) is 9.77. The Hall–Kier alpha value is -1.77. The quantitative estimate of drug-likeness (QED) is 0.666. The first-order valence-corrected chi connectivity index (χ1v) is 4.83. The Balaban J connectivity index is 2.69. The zero-order valence-corrected chi connectivity index (χ0v) is 9.07. The highest BCUT2D eigenvalue weighted by Crippen LogP contribution is 2.29. The number of para-hydroxylation sites is 1. The van der Waals surface area contributed by atoms with Gasteiger partial charge in [0, 0.05) is 24.9 Å². The van der Waals surface area contributed by atoms with E-state index in [1.165, 1.54) is 6.92 Å². The summed E-state index contributed by atoms with van der Waals surface area (Å²) in [6.07, 6.45) is 0. The summed E-state index contributed by atoms with van der Waals surface area (Å²) in [5.74, 6) is 0.340. The number of rotatable bonds is 1. The van der Waals surface area contributed by atoms with Gasteiger partial charge in [-0.15, -0.1) is 0 Å². The van der Waals surface area contributed by atoms with Crippen molar-refractivity contribution in [1.29, 1.82) is 0 Å². The zero-order valence-electron chi connectivity index (χ0n) is 9.07. The second kappa shape index (κ2) is 3.42. The number of hydrogen-bond acceptors (Lipinski definition) is 2. The molecule has 0 aliphatic heterocycles. The van der Waals surface area contributed by atoms with Crippen molar-refractivity contribution >= 4 is 16.9 Å². The molecule has 78 valence electrons. The number of nitrogens with zero attached hydrogens (tertiary/aromatic N) is 1. The Kier molecular flexibility index (Phi) is 2.23. The summed E-state index contributed by atoms with van der Waals surface area (Å²) in [6.45, 7) is 3.37. The van der Waals surface area contributed by atoms with Crippen LogP contribution in [0.15, 0.2) is 24.3 Å². The topological polar surface area (TPSA) is 31.2 Å². The summed E-state index contributed by atoms with van der Waals surface area (Å²) >= 11 is 0. The third-order valence-electron chi connectivity index (χ3n) is 2.54. The number of ether oxygens (including phenoxy) is 1. The molecule has 1 aromatic heterocycles. The highest BCUT2D eigenvalue weighted by atomic mass is 16.5. The maximum Gasteiger partial charge on any atom is 0.309 e. The molecular formula is C12H13NO2. The van der Waals surface area contributed by atoms with E-state index >= 15 is 0 Å². The predicted molar refractivity (Wildman–Crippen MR) is 59.0 cm³/mol. The first-order valence-electron chi connectivity index (χ1n) is 4.83. The first-order chi connectivity index (χ1) is 7.11. The van der Waals surface area contributed by atoms with Gasteiger partial charge >= 0.3 is 5.97 Å². The normalized spacial score (nSPS) is 10.6. The fraction of sp³-hybridized carbons (Fsp3) is 0.250. The molecule has 2 rings (SSSR count). The molecule has 0 atom stereocenters. The van der Waals surface area contributed by atoms with Crippen LogP contribution < -0.4 is 4.74 Å². The predicted octanol–water partition coefficient (Wildman–Crippen LogP) is 2.41. The van der Waals surface area contributed by atoms with Gasteiger partial charge in [-0.3, -0.25) is 4.79 Å². The molecule has 3 nitrogen and oxygen atoms in total. The Labute approximate surface area is 88.3 Å². The van der Waals surface area contributed by atoms with Gasteiger partial charge in [-0.05, 0) is 13.0 Å². The van der Waals surface area contributed by atoms with Crippen molar-refractivity contribution in [2.75, 3.05) is 0 Å². The average molecular weight is 203 g/mol. The Morgan fingerprint density at radius 3 is 2.60 bits per heavy atom. The molecule has 0 N–H and O–H groups in total. The standard InChI is InChI=1S/C12H13NO2/c1-8-10-6-4-5-7-11(10)13(3)12(8)15-9(2)14/h4-7H,1-3H3. The molecule has 0 radical (unpaired) electrons. The maximum absolute atomic E-state index is 11.0. The average Bonchev–Trinajstić information content (AvgIpc) is 2.44. The van der Waals surface area contributed by atoms with E-state index < -0.39 is 0 Å². The number of hydrogen-bond donors (Lipinski definition) is 0. The molecule has 0 spiro atoms. The van der Waals surface area contributed by atoms with E-state index in [4.69, 9.17) is 4.74 Å². The van der Waals surface area contributed by atoms with Gasteiger partial charge in [0.2, 0.25) is 5.88 Å². The maximum atomic E-state index is 11.0. The molecule has 0 unspecified atom stereocenters. The van der Waals surface area contributed by atoms with Crippen LogP contribution in [-0.2, 0) is 11.8 Å². The number of esters is 1. The van der Waals surface area contributed by atoms with Crippen molar-refractivity contribution in [1.82, 2.24) is 4.57 Å².